The second kappa shape index (κ2) is 7.15. The Labute approximate surface area is 152 Å². The quantitative estimate of drug-likeness (QED) is 0.888. The molecule has 134 valence electrons. The van der Waals surface area contributed by atoms with Gasteiger partial charge < -0.3 is 15.5 Å². The molecule has 4 rings (SSSR count). The van der Waals surface area contributed by atoms with Crippen LogP contribution in [-0.4, -0.2) is 34.4 Å². The smallest absolute Gasteiger partial charge is 0.319 e. The molecule has 6 heteroatoms. The number of amides is 3. The summed E-state index contributed by atoms with van der Waals surface area (Å²) in [5, 5.41) is 5.67. The zero-order valence-electron chi connectivity index (χ0n) is 14.5. The summed E-state index contributed by atoms with van der Waals surface area (Å²) in [6.45, 7) is 0.740. The van der Waals surface area contributed by atoms with Crippen molar-refractivity contribution in [2.45, 2.75) is 37.8 Å². The number of hydrogen-bond donors (Lipinski definition) is 2. The first kappa shape index (κ1) is 16.6. The Morgan fingerprint density at radius 1 is 1.04 bits per heavy atom. The molecule has 3 amide bonds. The second-order valence-electron chi connectivity index (χ2n) is 6.86. The lowest BCUT2D eigenvalue weighted by Gasteiger charge is -2.24. The number of urea groups is 1. The standard InChI is InChI=1S/C20H22N4O2/c25-19(24-13-3-5-18(24)17-4-1-2-12-21-17)14-6-8-15(9-7-14)22-20(26)23-16-10-11-16/h1-2,4,6-9,12,16,18H,3,5,10-11,13H2,(H2,22,23,26)/t18-/m1/s1. The molecule has 2 heterocycles. The van der Waals surface area contributed by atoms with Crippen LogP contribution in [0.2, 0.25) is 0 Å². The number of nitrogens with one attached hydrogen (secondary N) is 2. The molecule has 1 aliphatic heterocycles. The molecule has 1 aromatic heterocycles. The molecule has 1 aromatic carbocycles. The van der Waals surface area contributed by atoms with E-state index >= 15 is 0 Å². The maximum atomic E-state index is 12.9. The van der Waals surface area contributed by atoms with Gasteiger partial charge in [-0.2, -0.15) is 0 Å². The molecule has 0 unspecified atom stereocenters. The maximum absolute atomic E-state index is 12.9. The van der Waals surface area contributed by atoms with Gasteiger partial charge in [-0.3, -0.25) is 9.78 Å². The third-order valence-electron chi connectivity index (χ3n) is 4.85. The van der Waals surface area contributed by atoms with Crippen LogP contribution in [0.1, 0.15) is 47.8 Å². The number of rotatable bonds is 4. The molecular formula is C20H22N4O2. The topological polar surface area (TPSA) is 74.3 Å². The van der Waals surface area contributed by atoms with Crippen molar-refractivity contribution in [3.05, 3.63) is 59.9 Å². The molecule has 26 heavy (non-hydrogen) atoms. The highest BCUT2D eigenvalue weighted by Gasteiger charge is 2.31. The van der Waals surface area contributed by atoms with Crippen molar-refractivity contribution >= 4 is 17.6 Å². The summed E-state index contributed by atoms with van der Waals surface area (Å²) in [7, 11) is 0. The number of aromatic nitrogens is 1. The van der Waals surface area contributed by atoms with E-state index < -0.39 is 0 Å². The molecule has 1 aliphatic carbocycles. The van der Waals surface area contributed by atoms with E-state index in [0.29, 0.717) is 17.3 Å². The molecular weight excluding hydrogens is 328 g/mol. The molecule has 1 saturated heterocycles. The van der Waals surface area contributed by atoms with E-state index in [2.05, 4.69) is 15.6 Å². The number of anilines is 1. The van der Waals surface area contributed by atoms with Gasteiger partial charge in [0.2, 0.25) is 0 Å². The number of likely N-dealkylation sites (tertiary alicyclic amines) is 1. The van der Waals surface area contributed by atoms with E-state index in [1.54, 1.807) is 30.5 Å². The Bertz CT molecular complexity index is 787. The van der Waals surface area contributed by atoms with Gasteiger partial charge in [-0.1, -0.05) is 6.07 Å². The van der Waals surface area contributed by atoms with Gasteiger partial charge in [0.05, 0.1) is 11.7 Å². The number of nitrogens with zero attached hydrogens (tertiary/aromatic N) is 2. The molecule has 2 aliphatic rings. The van der Waals surface area contributed by atoms with Crippen molar-refractivity contribution in [1.82, 2.24) is 15.2 Å². The number of pyridine rings is 1. The summed E-state index contributed by atoms with van der Waals surface area (Å²) in [4.78, 5) is 31.0. The zero-order chi connectivity index (χ0) is 17.9. The number of hydrogen-bond acceptors (Lipinski definition) is 3. The van der Waals surface area contributed by atoms with Gasteiger partial charge in [-0.05, 0) is 62.1 Å². The van der Waals surface area contributed by atoms with E-state index in [9.17, 15) is 9.59 Å². The van der Waals surface area contributed by atoms with Crippen molar-refractivity contribution in [3.8, 4) is 0 Å². The summed E-state index contributed by atoms with van der Waals surface area (Å²) in [6, 6.07) is 13.0. The van der Waals surface area contributed by atoms with Crippen molar-refractivity contribution in [2.24, 2.45) is 0 Å². The minimum atomic E-state index is -0.193. The van der Waals surface area contributed by atoms with E-state index in [4.69, 9.17) is 0 Å². The van der Waals surface area contributed by atoms with Crippen molar-refractivity contribution < 1.29 is 9.59 Å². The van der Waals surface area contributed by atoms with Crippen molar-refractivity contribution in [2.75, 3.05) is 11.9 Å². The first-order valence-electron chi connectivity index (χ1n) is 9.10. The lowest BCUT2D eigenvalue weighted by atomic mass is 10.1. The Morgan fingerprint density at radius 2 is 1.85 bits per heavy atom. The maximum Gasteiger partial charge on any atom is 0.319 e. The molecule has 2 aromatic rings. The van der Waals surface area contributed by atoms with Gasteiger partial charge in [-0.15, -0.1) is 0 Å². The average Bonchev–Trinajstić information content (AvgIpc) is 3.34. The Balaban J connectivity index is 1.43. The number of carbonyl (C=O) groups is 2. The first-order chi connectivity index (χ1) is 12.7. The SMILES string of the molecule is O=C(Nc1ccc(C(=O)N2CCC[C@@H]2c2ccccn2)cc1)NC1CC1. The summed E-state index contributed by atoms with van der Waals surface area (Å²) >= 11 is 0. The van der Waals surface area contributed by atoms with E-state index in [0.717, 1.165) is 37.9 Å². The number of carbonyl (C=O) groups excluding carboxylic acids is 2. The summed E-state index contributed by atoms with van der Waals surface area (Å²) in [6.07, 6.45) is 5.78. The van der Waals surface area contributed by atoms with Gasteiger partial charge in [0.25, 0.3) is 5.91 Å². The minimum absolute atomic E-state index is 0.00661. The highest BCUT2D eigenvalue weighted by molar-refractivity contribution is 5.96. The minimum Gasteiger partial charge on any atom is -0.335 e. The predicted molar refractivity (Wildman–Crippen MR) is 98.9 cm³/mol. The molecule has 2 fully saturated rings. The third-order valence-corrected chi connectivity index (χ3v) is 4.85. The van der Waals surface area contributed by atoms with Crippen molar-refractivity contribution in [1.29, 1.82) is 0 Å². The molecule has 1 atom stereocenters. The monoisotopic (exact) mass is 350 g/mol. The van der Waals surface area contributed by atoms with Crippen LogP contribution < -0.4 is 10.6 Å². The lowest BCUT2D eigenvalue weighted by Crippen LogP contribution is -2.31. The Hall–Kier alpha value is -2.89. The van der Waals surface area contributed by atoms with Crippen LogP contribution in [-0.2, 0) is 0 Å². The highest BCUT2D eigenvalue weighted by atomic mass is 16.2. The second-order valence-corrected chi connectivity index (χ2v) is 6.86. The van der Waals surface area contributed by atoms with Gasteiger partial charge >= 0.3 is 6.03 Å². The molecule has 0 radical (unpaired) electrons. The van der Waals surface area contributed by atoms with Gasteiger partial charge in [0, 0.05) is 30.0 Å². The predicted octanol–water partition coefficient (Wildman–Crippen LogP) is 3.34. The summed E-state index contributed by atoms with van der Waals surface area (Å²) in [5.41, 5.74) is 2.25. The fraction of sp³-hybridized carbons (Fsp3) is 0.350. The molecule has 0 bridgehead atoms. The van der Waals surface area contributed by atoms with E-state index in [-0.39, 0.29) is 18.0 Å². The molecule has 2 N–H and O–H groups in total. The summed E-state index contributed by atoms with van der Waals surface area (Å²) in [5.74, 6) is 0.00661. The van der Waals surface area contributed by atoms with Crippen molar-refractivity contribution in [3.63, 3.8) is 0 Å². The average molecular weight is 350 g/mol. The molecule has 0 spiro atoms. The third kappa shape index (κ3) is 3.69. The number of benzene rings is 1. The molecule has 6 nitrogen and oxygen atoms in total. The fourth-order valence-corrected chi connectivity index (χ4v) is 3.33. The van der Waals surface area contributed by atoms with Crippen LogP contribution in [0.25, 0.3) is 0 Å². The van der Waals surface area contributed by atoms with Gasteiger partial charge in [0.15, 0.2) is 0 Å². The normalized spacial score (nSPS) is 19.2. The fourth-order valence-electron chi connectivity index (χ4n) is 3.33. The Morgan fingerprint density at radius 3 is 2.54 bits per heavy atom. The lowest BCUT2D eigenvalue weighted by molar-refractivity contribution is 0.0733. The Kier molecular flexibility index (Phi) is 4.56. The van der Waals surface area contributed by atoms with E-state index in [1.807, 2.05) is 23.1 Å². The van der Waals surface area contributed by atoms with Crippen LogP contribution in [0, 0.1) is 0 Å². The van der Waals surface area contributed by atoms with Gasteiger partial charge in [0.1, 0.15) is 0 Å². The van der Waals surface area contributed by atoms with Crippen LogP contribution in [0.15, 0.2) is 48.7 Å². The van der Waals surface area contributed by atoms with Crippen LogP contribution in [0.4, 0.5) is 10.5 Å². The zero-order valence-corrected chi connectivity index (χ0v) is 14.5. The van der Waals surface area contributed by atoms with Crippen LogP contribution in [0.3, 0.4) is 0 Å². The van der Waals surface area contributed by atoms with Crippen LogP contribution >= 0.6 is 0 Å². The highest BCUT2D eigenvalue weighted by Crippen LogP contribution is 2.32. The first-order valence-corrected chi connectivity index (χ1v) is 9.10. The largest absolute Gasteiger partial charge is 0.335 e. The van der Waals surface area contributed by atoms with Gasteiger partial charge in [-0.25, -0.2) is 4.79 Å². The summed E-state index contributed by atoms with van der Waals surface area (Å²) < 4.78 is 0. The molecule has 1 saturated carbocycles. The van der Waals surface area contributed by atoms with Crippen LogP contribution in [0.5, 0.6) is 0 Å². The van der Waals surface area contributed by atoms with E-state index in [1.165, 1.54) is 0 Å².